The van der Waals surface area contributed by atoms with Gasteiger partial charge in [0.05, 0.1) is 30.0 Å². The molecule has 1 fully saturated rings. The number of aromatic nitrogens is 3. The summed E-state index contributed by atoms with van der Waals surface area (Å²) >= 11 is 0. The Kier molecular flexibility index (Phi) is 8.35. The molecule has 1 amide bonds. The highest BCUT2D eigenvalue weighted by molar-refractivity contribution is 7.90. The van der Waals surface area contributed by atoms with Crippen LogP contribution in [-0.2, 0) is 16.6 Å². The normalized spacial score (nSPS) is 14.4. The van der Waals surface area contributed by atoms with Gasteiger partial charge in [-0.05, 0) is 76.2 Å². The summed E-state index contributed by atoms with van der Waals surface area (Å²) in [4.78, 5) is 38.4. The number of fused-ring (bicyclic) bond motifs is 1. The molecule has 1 aliphatic rings. The molecule has 1 aliphatic heterocycles. The van der Waals surface area contributed by atoms with E-state index in [4.69, 9.17) is 9.72 Å². The number of aryl methyl sites for hydroxylation is 2. The number of benzene rings is 1. The quantitative estimate of drug-likeness (QED) is 0.313. The third-order valence-corrected chi connectivity index (χ3v) is 10.0. The predicted octanol–water partition coefficient (Wildman–Crippen LogP) is 3.29. The lowest BCUT2D eigenvalue weighted by molar-refractivity contribution is 0.0952. The lowest BCUT2D eigenvalue weighted by Gasteiger charge is -2.33. The Morgan fingerprint density at radius 2 is 1.81 bits per heavy atom. The molecule has 43 heavy (non-hydrogen) atoms. The summed E-state index contributed by atoms with van der Waals surface area (Å²) in [6, 6.07) is 9.13. The van der Waals surface area contributed by atoms with Crippen LogP contribution in [0.2, 0.25) is 0 Å². The number of piperazine rings is 1. The van der Waals surface area contributed by atoms with E-state index >= 15 is 0 Å². The summed E-state index contributed by atoms with van der Waals surface area (Å²) in [6.45, 7) is 10.4. The second-order valence-electron chi connectivity index (χ2n) is 11.3. The average molecular weight is 607 g/mol. The van der Waals surface area contributed by atoms with Crippen molar-refractivity contribution in [2.75, 3.05) is 45.2 Å². The highest BCUT2D eigenvalue weighted by atomic mass is 32.2. The van der Waals surface area contributed by atoms with Crippen molar-refractivity contribution in [3.05, 3.63) is 75.5 Å². The van der Waals surface area contributed by atoms with E-state index in [2.05, 4.69) is 27.1 Å². The molecule has 5 rings (SSSR count). The number of carbonyl (C=O) groups excluding carboxylic acids is 1. The maximum absolute atomic E-state index is 13.8. The number of hydrogen-bond donors (Lipinski definition) is 2. The van der Waals surface area contributed by atoms with Crippen molar-refractivity contribution in [3.63, 3.8) is 0 Å². The number of H-pyrrole nitrogens is 1. The molecule has 0 spiro atoms. The molecule has 0 bridgehead atoms. The summed E-state index contributed by atoms with van der Waals surface area (Å²) in [5.41, 5.74) is 3.32. The van der Waals surface area contributed by atoms with Gasteiger partial charge in [0.1, 0.15) is 11.6 Å². The van der Waals surface area contributed by atoms with Crippen molar-refractivity contribution < 1.29 is 17.9 Å². The number of ether oxygens (including phenoxy) is 1. The van der Waals surface area contributed by atoms with Crippen LogP contribution in [0, 0.1) is 13.8 Å². The number of amides is 1. The molecule has 2 N–H and O–H groups in total. The van der Waals surface area contributed by atoms with Crippen LogP contribution >= 0.6 is 0 Å². The molecule has 1 saturated heterocycles. The molecule has 228 valence electrons. The molecular weight excluding hydrogens is 568 g/mol. The van der Waals surface area contributed by atoms with E-state index in [0.717, 1.165) is 37.6 Å². The Hall–Kier alpha value is -4.16. The molecule has 4 heterocycles. The van der Waals surface area contributed by atoms with Gasteiger partial charge in [-0.1, -0.05) is 0 Å². The summed E-state index contributed by atoms with van der Waals surface area (Å²) < 4.78 is 33.4. The first-order valence-corrected chi connectivity index (χ1v) is 15.8. The number of likely N-dealkylation sites (N-methyl/N-ethyl adjacent to an activating group) is 1. The summed E-state index contributed by atoms with van der Waals surface area (Å²) in [7, 11) is -0.157. The summed E-state index contributed by atoms with van der Waals surface area (Å²) in [6.07, 6.45) is 3.31. The third kappa shape index (κ3) is 5.89. The van der Waals surface area contributed by atoms with Crippen LogP contribution in [0.4, 0.5) is 5.82 Å². The second kappa shape index (κ2) is 11.8. The Morgan fingerprint density at radius 1 is 1.09 bits per heavy atom. The Morgan fingerprint density at radius 3 is 2.44 bits per heavy atom. The van der Waals surface area contributed by atoms with Gasteiger partial charge in [0.25, 0.3) is 11.5 Å². The van der Waals surface area contributed by atoms with Crippen molar-refractivity contribution in [1.82, 2.24) is 24.2 Å². The molecule has 3 aromatic heterocycles. The van der Waals surface area contributed by atoms with E-state index in [1.165, 1.54) is 11.1 Å². The molecule has 0 radical (unpaired) electrons. The fraction of sp³-hybridized carbons (Fsp3) is 0.387. The Balaban J connectivity index is 1.58. The van der Waals surface area contributed by atoms with Crippen LogP contribution in [0.3, 0.4) is 0 Å². The van der Waals surface area contributed by atoms with E-state index in [1.54, 1.807) is 58.3 Å². The van der Waals surface area contributed by atoms with Gasteiger partial charge in [-0.2, -0.15) is 0 Å². The SMILES string of the molecule is COc1cc(C)[nH]c(=O)c1CNC(=O)c1cc(-c2ccc(N3CCN(C)CC3)nc2)cc2c1c(C)cn2S(=O)(=O)C(C)C. The second-order valence-corrected chi connectivity index (χ2v) is 13.7. The minimum absolute atomic E-state index is 0.0747. The lowest BCUT2D eigenvalue weighted by atomic mass is 9.99. The molecule has 0 aliphatic carbocycles. The van der Waals surface area contributed by atoms with E-state index < -0.39 is 21.2 Å². The molecule has 0 atom stereocenters. The van der Waals surface area contributed by atoms with E-state index in [9.17, 15) is 18.0 Å². The zero-order valence-electron chi connectivity index (χ0n) is 25.4. The fourth-order valence-electron chi connectivity index (χ4n) is 5.39. The van der Waals surface area contributed by atoms with Crippen LogP contribution in [0.1, 0.15) is 41.0 Å². The van der Waals surface area contributed by atoms with Crippen LogP contribution in [0.25, 0.3) is 22.0 Å². The first kappa shape index (κ1) is 30.3. The summed E-state index contributed by atoms with van der Waals surface area (Å²) in [5.74, 6) is 0.797. The maximum Gasteiger partial charge on any atom is 0.256 e. The van der Waals surface area contributed by atoms with E-state index in [0.29, 0.717) is 39.0 Å². The molecule has 1 aromatic carbocycles. The number of nitrogens with zero attached hydrogens (tertiary/aromatic N) is 4. The number of hydrogen-bond acceptors (Lipinski definition) is 8. The zero-order chi connectivity index (χ0) is 31.1. The number of pyridine rings is 2. The highest BCUT2D eigenvalue weighted by Crippen LogP contribution is 2.33. The molecule has 0 unspecified atom stereocenters. The standard InChI is InChI=1S/C31H38N6O5S/c1-19(2)43(40,41)37-18-20(3)29-24(30(38)33-17-25-27(42-6)13-21(4)34-31(25)39)14-23(15-26(29)37)22-7-8-28(32-16-22)36-11-9-35(5)10-12-36/h7-8,13-16,18-19H,9-12,17H2,1-6H3,(H,33,38)(H,34,39). The Bertz CT molecular complexity index is 1840. The average Bonchev–Trinajstić information content (AvgIpc) is 3.33. The van der Waals surface area contributed by atoms with Gasteiger partial charge >= 0.3 is 0 Å². The Labute approximate surface area is 251 Å². The topological polar surface area (TPSA) is 130 Å². The monoisotopic (exact) mass is 606 g/mol. The molecule has 0 saturated carbocycles. The van der Waals surface area contributed by atoms with Crippen LogP contribution < -0.4 is 20.5 Å². The number of aromatic amines is 1. The highest BCUT2D eigenvalue weighted by Gasteiger charge is 2.26. The maximum atomic E-state index is 13.8. The number of carbonyl (C=O) groups is 1. The van der Waals surface area contributed by atoms with Crippen molar-refractivity contribution >= 4 is 32.7 Å². The minimum Gasteiger partial charge on any atom is -0.496 e. The molecular formula is C31H38N6O5S. The first-order valence-electron chi connectivity index (χ1n) is 14.3. The van der Waals surface area contributed by atoms with Crippen molar-refractivity contribution in [1.29, 1.82) is 0 Å². The van der Waals surface area contributed by atoms with Crippen molar-refractivity contribution in [2.24, 2.45) is 0 Å². The van der Waals surface area contributed by atoms with Crippen molar-refractivity contribution in [2.45, 2.75) is 39.5 Å². The number of rotatable bonds is 8. The van der Waals surface area contributed by atoms with E-state index in [1.807, 2.05) is 12.1 Å². The van der Waals surface area contributed by atoms with Gasteiger partial charge in [-0.15, -0.1) is 0 Å². The number of methoxy groups -OCH3 is 1. The predicted molar refractivity (Wildman–Crippen MR) is 169 cm³/mol. The van der Waals surface area contributed by atoms with Gasteiger partial charge in [-0.3, -0.25) is 9.59 Å². The van der Waals surface area contributed by atoms with Gasteiger partial charge in [-0.25, -0.2) is 17.4 Å². The van der Waals surface area contributed by atoms with Gasteiger partial charge in [0.15, 0.2) is 0 Å². The lowest BCUT2D eigenvalue weighted by Crippen LogP contribution is -2.44. The smallest absolute Gasteiger partial charge is 0.256 e. The van der Waals surface area contributed by atoms with Crippen LogP contribution in [0.5, 0.6) is 5.75 Å². The minimum atomic E-state index is -3.73. The van der Waals surface area contributed by atoms with Gasteiger partial charge < -0.3 is 24.8 Å². The number of anilines is 1. The van der Waals surface area contributed by atoms with Gasteiger partial charge in [0.2, 0.25) is 10.0 Å². The molecule has 11 nitrogen and oxygen atoms in total. The fourth-order valence-corrected chi connectivity index (χ4v) is 6.56. The van der Waals surface area contributed by atoms with Gasteiger partial charge in [0, 0.05) is 60.8 Å². The van der Waals surface area contributed by atoms with E-state index in [-0.39, 0.29) is 17.7 Å². The zero-order valence-corrected chi connectivity index (χ0v) is 26.2. The van der Waals surface area contributed by atoms with Crippen LogP contribution in [-0.4, -0.2) is 78.8 Å². The van der Waals surface area contributed by atoms with Crippen molar-refractivity contribution in [3.8, 4) is 16.9 Å². The first-order chi connectivity index (χ1) is 20.4. The molecule has 4 aromatic rings. The largest absolute Gasteiger partial charge is 0.496 e. The molecule has 12 heteroatoms. The third-order valence-electron chi connectivity index (χ3n) is 7.96. The van der Waals surface area contributed by atoms with Crippen LogP contribution in [0.15, 0.2) is 47.5 Å². The summed E-state index contributed by atoms with van der Waals surface area (Å²) in [5, 5.41) is 2.70. The number of nitrogens with one attached hydrogen (secondary N) is 2.